The summed E-state index contributed by atoms with van der Waals surface area (Å²) in [5, 5.41) is 8.56. The highest BCUT2D eigenvalue weighted by Gasteiger charge is 2.26. The molecule has 1 saturated heterocycles. The standard InChI is InChI=1S/C16H28O3S/c1-2-10-19-11-9-15-13-20-12-14(15)7-5-3-4-6-8-16(17)18/h3,5,14-15H,2,4,6-13H2,1H3,(H,17,18)/b5-3-/t14-,15+/m0/s1. The van der Waals surface area contributed by atoms with Gasteiger partial charge in [-0.15, -0.1) is 0 Å². The molecule has 1 N–H and O–H groups in total. The smallest absolute Gasteiger partial charge is 0.303 e. The lowest BCUT2D eigenvalue weighted by molar-refractivity contribution is -0.137. The first-order chi connectivity index (χ1) is 9.74. The Morgan fingerprint density at radius 1 is 1.30 bits per heavy atom. The Bertz CT molecular complexity index is 291. The van der Waals surface area contributed by atoms with Crippen LogP contribution in [-0.4, -0.2) is 35.8 Å². The van der Waals surface area contributed by atoms with E-state index < -0.39 is 5.97 Å². The number of rotatable bonds is 11. The fraction of sp³-hybridized carbons (Fsp3) is 0.812. The van der Waals surface area contributed by atoms with Crippen molar-refractivity contribution in [2.24, 2.45) is 11.8 Å². The number of aliphatic carboxylic acids is 1. The first kappa shape index (κ1) is 17.6. The van der Waals surface area contributed by atoms with Crippen molar-refractivity contribution in [3.63, 3.8) is 0 Å². The van der Waals surface area contributed by atoms with Gasteiger partial charge in [0.05, 0.1) is 0 Å². The van der Waals surface area contributed by atoms with Crippen LogP contribution in [-0.2, 0) is 9.53 Å². The fourth-order valence-electron chi connectivity index (χ4n) is 2.46. The molecule has 4 heteroatoms. The van der Waals surface area contributed by atoms with Crippen molar-refractivity contribution in [3.8, 4) is 0 Å². The second-order valence-electron chi connectivity index (χ2n) is 5.45. The van der Waals surface area contributed by atoms with Gasteiger partial charge in [0.25, 0.3) is 0 Å². The van der Waals surface area contributed by atoms with Gasteiger partial charge in [-0.3, -0.25) is 4.79 Å². The molecule has 0 bridgehead atoms. The minimum absolute atomic E-state index is 0.279. The Labute approximate surface area is 127 Å². The first-order valence-corrected chi connectivity index (χ1v) is 8.91. The van der Waals surface area contributed by atoms with E-state index in [-0.39, 0.29) is 6.42 Å². The number of ether oxygens (including phenoxy) is 1. The molecule has 116 valence electrons. The zero-order valence-electron chi connectivity index (χ0n) is 12.6. The molecule has 0 radical (unpaired) electrons. The molecule has 0 aromatic carbocycles. The van der Waals surface area contributed by atoms with Crippen LogP contribution in [0, 0.1) is 11.8 Å². The molecule has 1 rings (SSSR count). The monoisotopic (exact) mass is 300 g/mol. The van der Waals surface area contributed by atoms with E-state index in [9.17, 15) is 4.79 Å². The van der Waals surface area contributed by atoms with Crippen molar-refractivity contribution in [2.75, 3.05) is 24.7 Å². The maximum Gasteiger partial charge on any atom is 0.303 e. The Morgan fingerprint density at radius 2 is 2.10 bits per heavy atom. The van der Waals surface area contributed by atoms with Gasteiger partial charge in [0, 0.05) is 19.6 Å². The molecule has 1 fully saturated rings. The van der Waals surface area contributed by atoms with Crippen LogP contribution < -0.4 is 0 Å². The second kappa shape index (κ2) is 11.2. The molecule has 3 nitrogen and oxygen atoms in total. The van der Waals surface area contributed by atoms with Crippen LogP contribution in [0.15, 0.2) is 12.2 Å². The minimum atomic E-state index is -0.697. The molecule has 1 aliphatic heterocycles. The highest BCUT2D eigenvalue weighted by molar-refractivity contribution is 7.99. The summed E-state index contributed by atoms with van der Waals surface area (Å²) in [5.41, 5.74) is 0. The maximum absolute atomic E-state index is 10.4. The molecule has 1 aliphatic rings. The third-order valence-electron chi connectivity index (χ3n) is 3.68. The molecule has 20 heavy (non-hydrogen) atoms. The number of allylic oxidation sites excluding steroid dienone is 2. The average Bonchev–Trinajstić information content (AvgIpc) is 2.86. The van der Waals surface area contributed by atoms with Crippen LogP contribution in [0.4, 0.5) is 0 Å². The van der Waals surface area contributed by atoms with Crippen LogP contribution in [0.3, 0.4) is 0 Å². The molecule has 0 aromatic heterocycles. The quantitative estimate of drug-likeness (QED) is 0.463. The van der Waals surface area contributed by atoms with Crippen LogP contribution in [0.1, 0.15) is 45.4 Å². The van der Waals surface area contributed by atoms with E-state index >= 15 is 0 Å². The third-order valence-corrected chi connectivity index (χ3v) is 5.01. The fourth-order valence-corrected chi connectivity index (χ4v) is 4.05. The lowest BCUT2D eigenvalue weighted by Crippen LogP contribution is -2.14. The van der Waals surface area contributed by atoms with Crippen molar-refractivity contribution in [1.29, 1.82) is 0 Å². The average molecular weight is 300 g/mol. The topological polar surface area (TPSA) is 46.5 Å². The van der Waals surface area contributed by atoms with E-state index in [1.54, 1.807) is 0 Å². The Kier molecular flexibility index (Phi) is 9.85. The summed E-state index contributed by atoms with van der Waals surface area (Å²) in [4.78, 5) is 10.4. The first-order valence-electron chi connectivity index (χ1n) is 7.76. The molecular weight excluding hydrogens is 272 g/mol. The van der Waals surface area contributed by atoms with Crippen molar-refractivity contribution in [1.82, 2.24) is 0 Å². The van der Waals surface area contributed by atoms with E-state index in [0.29, 0.717) is 0 Å². The van der Waals surface area contributed by atoms with E-state index in [0.717, 1.165) is 50.7 Å². The number of unbranched alkanes of at least 4 members (excludes halogenated alkanes) is 1. The van der Waals surface area contributed by atoms with Gasteiger partial charge < -0.3 is 9.84 Å². The summed E-state index contributed by atoms with van der Waals surface area (Å²) in [6.45, 7) is 3.93. The number of hydrogen-bond donors (Lipinski definition) is 1. The summed E-state index contributed by atoms with van der Waals surface area (Å²) in [6, 6.07) is 0. The molecule has 0 spiro atoms. The number of carbonyl (C=O) groups is 1. The number of thioether (sulfide) groups is 1. The molecule has 0 aromatic rings. The van der Waals surface area contributed by atoms with Crippen LogP contribution >= 0.6 is 11.8 Å². The predicted octanol–water partition coefficient (Wildman–Crippen LogP) is 3.98. The molecule has 0 saturated carbocycles. The van der Waals surface area contributed by atoms with Gasteiger partial charge >= 0.3 is 5.97 Å². The summed E-state index contributed by atoms with van der Waals surface area (Å²) >= 11 is 2.06. The lowest BCUT2D eigenvalue weighted by atomic mass is 9.90. The number of hydrogen-bond acceptors (Lipinski definition) is 3. The second-order valence-corrected chi connectivity index (χ2v) is 6.53. The van der Waals surface area contributed by atoms with Gasteiger partial charge in [-0.05, 0) is 55.4 Å². The summed E-state index contributed by atoms with van der Waals surface area (Å²) in [5.74, 6) is 3.41. The molecule has 2 atom stereocenters. The highest BCUT2D eigenvalue weighted by Crippen LogP contribution is 2.34. The van der Waals surface area contributed by atoms with Crippen molar-refractivity contribution < 1.29 is 14.6 Å². The number of carboxylic acids is 1. The predicted molar refractivity (Wildman–Crippen MR) is 85.3 cm³/mol. The summed E-state index contributed by atoms with van der Waals surface area (Å²) in [6.07, 6.45) is 9.73. The Morgan fingerprint density at radius 3 is 2.85 bits per heavy atom. The third kappa shape index (κ3) is 7.95. The van der Waals surface area contributed by atoms with Crippen molar-refractivity contribution >= 4 is 17.7 Å². The largest absolute Gasteiger partial charge is 0.481 e. The molecule has 0 amide bonds. The van der Waals surface area contributed by atoms with Crippen LogP contribution in [0.25, 0.3) is 0 Å². The van der Waals surface area contributed by atoms with Gasteiger partial charge in [0.2, 0.25) is 0 Å². The minimum Gasteiger partial charge on any atom is -0.481 e. The van der Waals surface area contributed by atoms with Crippen LogP contribution in [0.5, 0.6) is 0 Å². The molecule has 0 aliphatic carbocycles. The lowest BCUT2D eigenvalue weighted by Gasteiger charge is -2.17. The van der Waals surface area contributed by atoms with Gasteiger partial charge in [0.1, 0.15) is 0 Å². The SMILES string of the molecule is CCCOCC[C@@H]1CSC[C@@H]1C/C=C\CCCC(=O)O. The highest BCUT2D eigenvalue weighted by atomic mass is 32.2. The normalized spacial score (nSPS) is 22.6. The van der Waals surface area contributed by atoms with Gasteiger partial charge in [-0.1, -0.05) is 19.1 Å². The van der Waals surface area contributed by atoms with Gasteiger partial charge in [0.15, 0.2) is 0 Å². The zero-order chi connectivity index (χ0) is 14.6. The summed E-state index contributed by atoms with van der Waals surface area (Å²) < 4.78 is 5.59. The Hall–Kier alpha value is -0.480. The van der Waals surface area contributed by atoms with Crippen LogP contribution in [0.2, 0.25) is 0 Å². The van der Waals surface area contributed by atoms with E-state index in [1.165, 1.54) is 17.9 Å². The molecule has 0 unspecified atom stereocenters. The molecule has 1 heterocycles. The Balaban J connectivity index is 2.11. The zero-order valence-corrected chi connectivity index (χ0v) is 13.4. The van der Waals surface area contributed by atoms with E-state index in [1.807, 2.05) is 0 Å². The summed E-state index contributed by atoms with van der Waals surface area (Å²) in [7, 11) is 0. The maximum atomic E-state index is 10.4. The van der Waals surface area contributed by atoms with Gasteiger partial charge in [-0.2, -0.15) is 11.8 Å². The molecular formula is C16H28O3S. The van der Waals surface area contributed by atoms with E-state index in [4.69, 9.17) is 9.84 Å². The van der Waals surface area contributed by atoms with E-state index in [2.05, 4.69) is 30.8 Å². The van der Waals surface area contributed by atoms with Crippen molar-refractivity contribution in [3.05, 3.63) is 12.2 Å². The van der Waals surface area contributed by atoms with Gasteiger partial charge in [-0.25, -0.2) is 0 Å². The van der Waals surface area contributed by atoms with Crippen molar-refractivity contribution in [2.45, 2.75) is 45.4 Å². The number of carboxylic acid groups (broad SMARTS) is 1.